The maximum Gasteiger partial charge on any atom is 0.254 e. The largest absolute Gasteiger partial charge is 0.460 e. The highest BCUT2D eigenvalue weighted by Crippen LogP contribution is 2.48. The number of nitrogens with two attached hydrogens (primary N) is 1. The fourth-order valence-electron chi connectivity index (χ4n) is 5.91. The number of carbonyl (C=O) groups is 2. The molecule has 2 aromatic heterocycles. The Labute approximate surface area is 247 Å². The molecule has 7 rings (SSSR count). The van der Waals surface area contributed by atoms with Crippen molar-refractivity contribution in [3.63, 3.8) is 0 Å². The van der Waals surface area contributed by atoms with Crippen molar-refractivity contribution in [2.75, 3.05) is 18.8 Å². The third-order valence-corrected chi connectivity index (χ3v) is 8.47. The van der Waals surface area contributed by atoms with Crippen LogP contribution in [-0.4, -0.2) is 40.8 Å². The van der Waals surface area contributed by atoms with Crippen LogP contribution in [0.2, 0.25) is 0 Å². The Morgan fingerprint density at radius 2 is 1.67 bits per heavy atom. The van der Waals surface area contributed by atoms with Crippen LogP contribution in [0, 0.1) is 11.7 Å². The molecule has 1 amide bonds. The van der Waals surface area contributed by atoms with Gasteiger partial charge < -0.3 is 15.1 Å². The molecule has 2 fully saturated rings. The number of likely N-dealkylation sites (tertiary alicyclic amines) is 1. The fraction of sp³-hybridized carbons (Fsp3) is 0.229. The van der Waals surface area contributed by atoms with Crippen molar-refractivity contribution in [2.45, 2.75) is 31.4 Å². The lowest BCUT2D eigenvalue weighted by Crippen LogP contribution is -2.51. The first kappa shape index (κ1) is 27.0. The second-order valence-electron chi connectivity index (χ2n) is 11.5. The minimum atomic E-state index is -0.949. The van der Waals surface area contributed by atoms with Crippen LogP contribution in [0.5, 0.6) is 0 Å². The Bertz CT molecular complexity index is 1830. The van der Waals surface area contributed by atoms with Crippen LogP contribution in [0.1, 0.15) is 40.4 Å². The van der Waals surface area contributed by atoms with E-state index in [1.165, 1.54) is 17.0 Å². The number of rotatable bonds is 8. The topological polar surface area (TPSA) is 89.4 Å². The average Bonchev–Trinajstić information content (AvgIpc) is 3.70. The van der Waals surface area contributed by atoms with Gasteiger partial charge in [0.2, 0.25) is 0 Å². The molecule has 1 aliphatic heterocycles. The molecule has 1 saturated heterocycles. The predicted molar refractivity (Wildman–Crippen MR) is 161 cm³/mol. The van der Waals surface area contributed by atoms with Crippen molar-refractivity contribution >= 4 is 28.5 Å². The van der Waals surface area contributed by atoms with E-state index in [4.69, 9.17) is 10.2 Å². The van der Waals surface area contributed by atoms with Gasteiger partial charge in [-0.15, -0.1) is 0 Å². The van der Waals surface area contributed by atoms with Gasteiger partial charge in [-0.25, -0.2) is 13.8 Å². The van der Waals surface area contributed by atoms with Gasteiger partial charge in [0, 0.05) is 41.5 Å². The number of Topliss-reactive ketones (excluding diaryl/α,β-unsaturated/α-hetero) is 1. The van der Waals surface area contributed by atoms with Crippen molar-refractivity contribution in [1.29, 1.82) is 0 Å². The number of nitrogen functional groups attached to an aromatic ring is 1. The van der Waals surface area contributed by atoms with Crippen LogP contribution >= 0.6 is 0 Å². The maximum atomic E-state index is 13.8. The molecule has 0 unspecified atom stereocenters. The number of benzene rings is 3. The molecule has 3 aromatic carbocycles. The van der Waals surface area contributed by atoms with Gasteiger partial charge in [-0.2, -0.15) is 0 Å². The number of furan rings is 1. The highest BCUT2D eigenvalue weighted by molar-refractivity contribution is 5.98. The summed E-state index contributed by atoms with van der Waals surface area (Å²) in [4.78, 5) is 31.2. The van der Waals surface area contributed by atoms with E-state index in [2.05, 4.69) is 4.98 Å². The van der Waals surface area contributed by atoms with Crippen LogP contribution in [0.3, 0.4) is 0 Å². The minimum absolute atomic E-state index is 0.00877. The van der Waals surface area contributed by atoms with E-state index in [-0.39, 0.29) is 42.4 Å². The molecule has 0 bridgehead atoms. The molecule has 8 heteroatoms. The predicted octanol–water partition coefficient (Wildman–Crippen LogP) is 6.98. The number of ketones is 1. The summed E-state index contributed by atoms with van der Waals surface area (Å²) >= 11 is 0. The zero-order valence-electron chi connectivity index (χ0n) is 23.3. The molecular formula is C35H29F2N3O3. The van der Waals surface area contributed by atoms with Crippen molar-refractivity contribution in [3.05, 3.63) is 108 Å². The number of anilines is 1. The molecule has 43 heavy (non-hydrogen) atoms. The summed E-state index contributed by atoms with van der Waals surface area (Å²) in [5, 5.41) is 0.867. The number of amides is 1. The van der Waals surface area contributed by atoms with Gasteiger partial charge in [0.1, 0.15) is 34.9 Å². The molecule has 2 aliphatic rings. The second-order valence-corrected chi connectivity index (χ2v) is 11.5. The van der Waals surface area contributed by atoms with Crippen molar-refractivity contribution < 1.29 is 22.8 Å². The molecular weight excluding hydrogens is 548 g/mol. The number of pyridine rings is 1. The van der Waals surface area contributed by atoms with E-state index in [1.54, 1.807) is 36.5 Å². The molecule has 1 aliphatic carbocycles. The van der Waals surface area contributed by atoms with E-state index in [9.17, 15) is 18.4 Å². The summed E-state index contributed by atoms with van der Waals surface area (Å²) in [6.45, 7) is 0.266. The smallest absolute Gasteiger partial charge is 0.254 e. The van der Waals surface area contributed by atoms with E-state index in [0.717, 1.165) is 39.6 Å². The Morgan fingerprint density at radius 1 is 0.930 bits per heavy atom. The summed E-state index contributed by atoms with van der Waals surface area (Å²) < 4.78 is 33.3. The molecule has 5 aromatic rings. The summed E-state index contributed by atoms with van der Waals surface area (Å²) in [6, 6.07) is 23.2. The highest BCUT2D eigenvalue weighted by Gasteiger charge is 2.43. The quantitative estimate of drug-likeness (QED) is 0.215. The number of halogens is 2. The SMILES string of the molecule is Nc1ccc([C@H]2C[C@@H]2C(=O)CCc2cc3cc(-c4ccc(C(=O)N5CC(F)C5)cc4)cc(-c4ccc(F)cc4)c3o2)cn1. The Morgan fingerprint density at radius 3 is 2.37 bits per heavy atom. The summed E-state index contributed by atoms with van der Waals surface area (Å²) in [5.74, 6) is 1.05. The second kappa shape index (κ2) is 10.8. The third-order valence-electron chi connectivity index (χ3n) is 8.47. The lowest BCUT2D eigenvalue weighted by atomic mass is 9.96. The molecule has 1 saturated carbocycles. The number of aromatic nitrogens is 1. The molecule has 2 atom stereocenters. The lowest BCUT2D eigenvalue weighted by Gasteiger charge is -2.34. The van der Waals surface area contributed by atoms with E-state index >= 15 is 0 Å². The molecule has 216 valence electrons. The van der Waals surface area contributed by atoms with Crippen LogP contribution in [0.4, 0.5) is 14.6 Å². The average molecular weight is 578 g/mol. The Balaban J connectivity index is 1.14. The molecule has 3 heterocycles. The van der Waals surface area contributed by atoms with E-state index < -0.39 is 6.17 Å². The van der Waals surface area contributed by atoms with Crippen LogP contribution in [0.15, 0.2) is 89.5 Å². The van der Waals surface area contributed by atoms with Gasteiger partial charge in [-0.05, 0) is 83.1 Å². The van der Waals surface area contributed by atoms with Crippen molar-refractivity contribution in [2.24, 2.45) is 5.92 Å². The molecule has 0 radical (unpaired) electrons. The summed E-state index contributed by atoms with van der Waals surface area (Å²) in [6.07, 6.45) is 2.47. The lowest BCUT2D eigenvalue weighted by molar-refractivity contribution is -0.120. The molecule has 0 spiro atoms. The molecule has 6 nitrogen and oxygen atoms in total. The first-order chi connectivity index (χ1) is 20.8. The van der Waals surface area contributed by atoms with Crippen LogP contribution in [-0.2, 0) is 11.2 Å². The Kier molecular flexibility index (Phi) is 6.76. The van der Waals surface area contributed by atoms with Gasteiger partial charge in [0.05, 0.1) is 13.1 Å². The number of hydrogen-bond donors (Lipinski definition) is 1. The van der Waals surface area contributed by atoms with Crippen LogP contribution < -0.4 is 5.73 Å². The number of nitrogens with zero attached hydrogens (tertiary/aromatic N) is 2. The van der Waals surface area contributed by atoms with E-state index in [0.29, 0.717) is 35.6 Å². The summed E-state index contributed by atoms with van der Waals surface area (Å²) in [7, 11) is 0. The number of carbonyl (C=O) groups excluding carboxylic acids is 2. The minimum Gasteiger partial charge on any atom is -0.460 e. The van der Waals surface area contributed by atoms with Gasteiger partial charge >= 0.3 is 0 Å². The number of hydrogen-bond acceptors (Lipinski definition) is 5. The monoisotopic (exact) mass is 577 g/mol. The number of fused-ring (bicyclic) bond motifs is 1. The maximum absolute atomic E-state index is 13.8. The highest BCUT2D eigenvalue weighted by atomic mass is 19.1. The van der Waals surface area contributed by atoms with Gasteiger partial charge in [0.25, 0.3) is 5.91 Å². The normalized spacial score (nSPS) is 18.0. The van der Waals surface area contributed by atoms with E-state index in [1.807, 2.05) is 36.4 Å². The Hall–Kier alpha value is -4.85. The number of aryl methyl sites for hydroxylation is 1. The fourth-order valence-corrected chi connectivity index (χ4v) is 5.91. The van der Waals surface area contributed by atoms with Crippen LogP contribution in [0.25, 0.3) is 33.2 Å². The summed E-state index contributed by atoms with van der Waals surface area (Å²) in [5.41, 5.74) is 11.3. The zero-order chi connectivity index (χ0) is 29.7. The zero-order valence-corrected chi connectivity index (χ0v) is 23.3. The first-order valence-electron chi connectivity index (χ1n) is 14.4. The van der Waals surface area contributed by atoms with Crippen molar-refractivity contribution in [1.82, 2.24) is 9.88 Å². The van der Waals surface area contributed by atoms with Gasteiger partial charge in [-0.3, -0.25) is 9.59 Å². The van der Waals surface area contributed by atoms with Gasteiger partial charge in [0.15, 0.2) is 0 Å². The first-order valence-corrected chi connectivity index (χ1v) is 14.4. The standard InChI is InChI=1S/C35H29F2N3O3/c36-26-8-5-21(6-9-26)30-15-24(20-1-3-22(4-2-20)35(42)40-18-27(37)19-40)13-25-14-28(43-34(25)30)10-11-32(41)31-16-29(31)23-7-12-33(38)39-17-23/h1-9,12-15,17,27,29,31H,10-11,16,18-19H2,(H2,38,39)/t29-,31+/m1/s1. The van der Waals surface area contributed by atoms with Crippen molar-refractivity contribution in [3.8, 4) is 22.3 Å². The number of alkyl halides is 1. The van der Waals surface area contributed by atoms with Gasteiger partial charge in [-0.1, -0.05) is 30.3 Å². The third kappa shape index (κ3) is 5.41. The molecule has 2 N–H and O–H groups in total.